The standard InChI is InChI=1S/C13H16ClNO3S/c1-9-3-4-10(19(14,17)18)7-11(9)12(16)15-8-13(2)5-6-13/h3-4,7H,5-6,8H2,1-2H3,(H,15,16). The van der Waals surface area contributed by atoms with Crippen LogP contribution in [0.1, 0.15) is 35.7 Å². The van der Waals surface area contributed by atoms with Crippen LogP contribution in [0.25, 0.3) is 0 Å². The van der Waals surface area contributed by atoms with Gasteiger partial charge in [-0.25, -0.2) is 8.42 Å². The number of hydrogen-bond acceptors (Lipinski definition) is 3. The van der Waals surface area contributed by atoms with Crippen molar-refractivity contribution in [3.05, 3.63) is 29.3 Å². The molecule has 0 spiro atoms. The molecule has 2 rings (SSSR count). The Kier molecular flexibility index (Phi) is 3.62. The maximum atomic E-state index is 12.1. The third kappa shape index (κ3) is 3.48. The molecule has 4 nitrogen and oxygen atoms in total. The van der Waals surface area contributed by atoms with Crippen molar-refractivity contribution in [1.82, 2.24) is 5.32 Å². The van der Waals surface area contributed by atoms with Gasteiger partial charge in [-0.2, -0.15) is 0 Å². The number of carbonyl (C=O) groups excluding carboxylic acids is 1. The topological polar surface area (TPSA) is 63.2 Å². The van der Waals surface area contributed by atoms with Gasteiger partial charge in [0.25, 0.3) is 15.0 Å². The molecule has 0 aromatic heterocycles. The van der Waals surface area contributed by atoms with Crippen molar-refractivity contribution in [1.29, 1.82) is 0 Å². The zero-order valence-electron chi connectivity index (χ0n) is 10.9. The number of nitrogens with one attached hydrogen (secondary N) is 1. The lowest BCUT2D eigenvalue weighted by Gasteiger charge is -2.12. The fourth-order valence-electron chi connectivity index (χ4n) is 1.78. The molecule has 0 unspecified atom stereocenters. The largest absolute Gasteiger partial charge is 0.351 e. The molecule has 1 aromatic rings. The Morgan fingerprint density at radius 3 is 2.58 bits per heavy atom. The smallest absolute Gasteiger partial charge is 0.261 e. The van der Waals surface area contributed by atoms with E-state index in [1.807, 2.05) is 0 Å². The minimum atomic E-state index is -3.81. The van der Waals surface area contributed by atoms with Crippen LogP contribution >= 0.6 is 10.7 Å². The van der Waals surface area contributed by atoms with Crippen LogP contribution in [0, 0.1) is 12.3 Å². The lowest BCUT2D eigenvalue weighted by molar-refractivity contribution is 0.0945. The third-order valence-electron chi connectivity index (χ3n) is 3.51. The van der Waals surface area contributed by atoms with Gasteiger partial charge in [0.2, 0.25) is 0 Å². The molecule has 19 heavy (non-hydrogen) atoms. The Morgan fingerprint density at radius 2 is 2.05 bits per heavy atom. The molecule has 104 valence electrons. The van der Waals surface area contributed by atoms with Gasteiger partial charge in [-0.05, 0) is 42.9 Å². The van der Waals surface area contributed by atoms with Crippen LogP contribution in [0.4, 0.5) is 0 Å². The summed E-state index contributed by atoms with van der Waals surface area (Å²) in [5.41, 5.74) is 1.29. The fourth-order valence-corrected chi connectivity index (χ4v) is 2.55. The molecular weight excluding hydrogens is 286 g/mol. The summed E-state index contributed by atoms with van der Waals surface area (Å²) < 4.78 is 22.6. The van der Waals surface area contributed by atoms with E-state index in [4.69, 9.17) is 10.7 Å². The SMILES string of the molecule is Cc1ccc(S(=O)(=O)Cl)cc1C(=O)NCC1(C)CC1. The van der Waals surface area contributed by atoms with E-state index in [2.05, 4.69) is 12.2 Å². The van der Waals surface area contributed by atoms with E-state index in [-0.39, 0.29) is 16.2 Å². The van der Waals surface area contributed by atoms with Gasteiger partial charge >= 0.3 is 0 Å². The molecule has 0 radical (unpaired) electrons. The molecule has 1 aromatic carbocycles. The van der Waals surface area contributed by atoms with Crippen LogP contribution in [0.15, 0.2) is 23.1 Å². The van der Waals surface area contributed by atoms with Crippen LogP contribution in [0.5, 0.6) is 0 Å². The van der Waals surface area contributed by atoms with E-state index < -0.39 is 9.05 Å². The Hall–Kier alpha value is -1.07. The average Bonchev–Trinajstić information content (AvgIpc) is 3.04. The maximum Gasteiger partial charge on any atom is 0.261 e. The zero-order valence-corrected chi connectivity index (χ0v) is 12.4. The van der Waals surface area contributed by atoms with Gasteiger partial charge < -0.3 is 5.32 Å². The first kappa shape index (κ1) is 14.3. The summed E-state index contributed by atoms with van der Waals surface area (Å²) in [4.78, 5) is 12.0. The van der Waals surface area contributed by atoms with Crippen LogP contribution in [-0.2, 0) is 9.05 Å². The lowest BCUT2D eigenvalue weighted by atomic mass is 10.1. The summed E-state index contributed by atoms with van der Waals surface area (Å²) in [6.45, 7) is 4.49. The van der Waals surface area contributed by atoms with E-state index >= 15 is 0 Å². The van der Waals surface area contributed by atoms with Crippen LogP contribution in [-0.4, -0.2) is 20.9 Å². The molecule has 6 heteroatoms. The van der Waals surface area contributed by atoms with Gasteiger partial charge in [-0.1, -0.05) is 13.0 Å². The van der Waals surface area contributed by atoms with E-state index in [1.54, 1.807) is 13.0 Å². The number of amides is 1. The van der Waals surface area contributed by atoms with E-state index in [0.29, 0.717) is 12.1 Å². The van der Waals surface area contributed by atoms with Crippen LogP contribution in [0.3, 0.4) is 0 Å². The molecule has 1 saturated carbocycles. The van der Waals surface area contributed by atoms with Crippen molar-refractivity contribution in [2.75, 3.05) is 6.54 Å². The summed E-state index contributed by atoms with van der Waals surface area (Å²) >= 11 is 0. The Labute approximate surface area is 117 Å². The second-order valence-electron chi connectivity index (χ2n) is 5.41. The number of aryl methyl sites for hydroxylation is 1. The second kappa shape index (κ2) is 4.80. The zero-order chi connectivity index (χ0) is 14.3. The normalized spacial score (nSPS) is 17.0. The third-order valence-corrected chi connectivity index (χ3v) is 4.87. The summed E-state index contributed by atoms with van der Waals surface area (Å²) in [5, 5.41) is 2.84. The maximum absolute atomic E-state index is 12.1. The summed E-state index contributed by atoms with van der Waals surface area (Å²) in [7, 11) is 1.47. The van der Waals surface area contributed by atoms with Gasteiger partial charge in [-0.15, -0.1) is 0 Å². The number of benzene rings is 1. The molecular formula is C13H16ClNO3S. The second-order valence-corrected chi connectivity index (χ2v) is 7.97. The van der Waals surface area contributed by atoms with Gasteiger partial charge in [-0.3, -0.25) is 4.79 Å². The molecule has 0 aliphatic heterocycles. The van der Waals surface area contributed by atoms with Crippen molar-refractivity contribution in [2.24, 2.45) is 5.41 Å². The molecule has 0 saturated heterocycles. The first-order valence-corrected chi connectivity index (χ1v) is 8.36. The summed E-state index contributed by atoms with van der Waals surface area (Å²) in [5.74, 6) is -0.257. The molecule has 1 N–H and O–H groups in total. The van der Waals surface area contributed by atoms with Gasteiger partial charge in [0.15, 0.2) is 0 Å². The van der Waals surface area contributed by atoms with Gasteiger partial charge in [0, 0.05) is 22.8 Å². The van der Waals surface area contributed by atoms with Crippen molar-refractivity contribution in [3.8, 4) is 0 Å². The first-order chi connectivity index (χ1) is 8.71. The minimum Gasteiger partial charge on any atom is -0.351 e. The van der Waals surface area contributed by atoms with Crippen molar-refractivity contribution in [3.63, 3.8) is 0 Å². The Morgan fingerprint density at radius 1 is 1.42 bits per heavy atom. The van der Waals surface area contributed by atoms with Crippen molar-refractivity contribution < 1.29 is 13.2 Å². The highest BCUT2D eigenvalue weighted by molar-refractivity contribution is 8.13. The Balaban J connectivity index is 2.20. The number of carbonyl (C=O) groups is 1. The predicted molar refractivity (Wildman–Crippen MR) is 73.9 cm³/mol. The summed E-state index contributed by atoms with van der Waals surface area (Å²) in [6.07, 6.45) is 2.23. The molecule has 1 aliphatic carbocycles. The molecule has 0 heterocycles. The van der Waals surface area contributed by atoms with Crippen molar-refractivity contribution in [2.45, 2.75) is 31.6 Å². The van der Waals surface area contributed by atoms with Crippen LogP contribution in [0.2, 0.25) is 0 Å². The molecule has 0 bridgehead atoms. The van der Waals surface area contributed by atoms with E-state index in [0.717, 1.165) is 18.4 Å². The Bertz CT molecular complexity index is 621. The fraction of sp³-hybridized carbons (Fsp3) is 0.462. The number of halogens is 1. The highest BCUT2D eigenvalue weighted by atomic mass is 35.7. The quantitative estimate of drug-likeness (QED) is 0.869. The first-order valence-electron chi connectivity index (χ1n) is 6.05. The van der Waals surface area contributed by atoms with Crippen LogP contribution < -0.4 is 5.32 Å². The number of hydrogen-bond donors (Lipinski definition) is 1. The van der Waals surface area contributed by atoms with Gasteiger partial charge in [0.1, 0.15) is 0 Å². The minimum absolute atomic E-state index is 0.0532. The van der Waals surface area contributed by atoms with E-state index in [9.17, 15) is 13.2 Å². The van der Waals surface area contributed by atoms with Crippen molar-refractivity contribution >= 4 is 25.6 Å². The lowest BCUT2D eigenvalue weighted by Crippen LogP contribution is -2.29. The van der Waals surface area contributed by atoms with E-state index in [1.165, 1.54) is 12.1 Å². The highest BCUT2D eigenvalue weighted by Crippen LogP contribution is 2.44. The number of rotatable bonds is 4. The molecule has 0 atom stereocenters. The molecule has 1 aliphatic rings. The average molecular weight is 302 g/mol. The summed E-state index contributed by atoms with van der Waals surface area (Å²) in [6, 6.07) is 4.31. The monoisotopic (exact) mass is 301 g/mol. The predicted octanol–water partition coefficient (Wildman–Crippen LogP) is 2.45. The molecule has 1 fully saturated rings. The van der Waals surface area contributed by atoms with Gasteiger partial charge in [0.05, 0.1) is 4.90 Å². The molecule has 1 amide bonds. The highest BCUT2D eigenvalue weighted by Gasteiger charge is 2.37.